The molecular weight excluding hydrogens is 304 g/mol. The van der Waals surface area contributed by atoms with Crippen LogP contribution in [-0.4, -0.2) is 10.7 Å². The molecule has 0 radical (unpaired) electrons. The van der Waals surface area contributed by atoms with Crippen LogP contribution in [0.2, 0.25) is 0 Å². The Labute approximate surface area is 155 Å². The van der Waals surface area contributed by atoms with Crippen LogP contribution >= 0.6 is 0 Å². The Morgan fingerprint density at radius 2 is 1.76 bits per heavy atom. The Bertz CT molecular complexity index is 524. The molecule has 4 aliphatic carbocycles. The van der Waals surface area contributed by atoms with Gasteiger partial charge in [0.05, 0.1) is 5.60 Å². The zero-order valence-electron chi connectivity index (χ0n) is 16.9. The number of hydrogen-bond donors (Lipinski definition) is 1. The molecule has 0 heterocycles. The number of hydrogen-bond acceptors (Lipinski definition) is 1. The highest BCUT2D eigenvalue weighted by Gasteiger charge is 2.56. The van der Waals surface area contributed by atoms with Crippen LogP contribution < -0.4 is 0 Å². The standard InChI is InChI=1S/C24H40O/c1-5-24(25)14-12-18-17(15-24)9-10-20-19(18)11-13-23(4)21(16(2)3)7-6-8-22(20)23/h17-22,25H,2,5-15H2,1,3-4H3/t17-,18-,19+,20+,21+,22-,23+,24+/m0/s1. The van der Waals surface area contributed by atoms with Crippen LogP contribution in [0, 0.1) is 40.9 Å². The van der Waals surface area contributed by atoms with Crippen LogP contribution in [0.25, 0.3) is 0 Å². The van der Waals surface area contributed by atoms with Gasteiger partial charge in [0, 0.05) is 0 Å². The Morgan fingerprint density at radius 3 is 2.48 bits per heavy atom. The van der Waals surface area contributed by atoms with Crippen LogP contribution in [0.3, 0.4) is 0 Å². The van der Waals surface area contributed by atoms with Gasteiger partial charge in [-0.25, -0.2) is 0 Å². The van der Waals surface area contributed by atoms with Gasteiger partial charge in [-0.3, -0.25) is 0 Å². The van der Waals surface area contributed by atoms with Gasteiger partial charge in [-0.1, -0.05) is 32.4 Å². The fourth-order valence-electron chi connectivity index (χ4n) is 8.29. The van der Waals surface area contributed by atoms with Gasteiger partial charge < -0.3 is 5.11 Å². The fraction of sp³-hybridized carbons (Fsp3) is 0.917. The molecule has 0 aromatic rings. The molecule has 0 unspecified atom stereocenters. The lowest BCUT2D eigenvalue weighted by Crippen LogP contribution is -2.54. The van der Waals surface area contributed by atoms with E-state index in [9.17, 15) is 5.11 Å². The summed E-state index contributed by atoms with van der Waals surface area (Å²) in [5, 5.41) is 10.8. The number of fused-ring (bicyclic) bond motifs is 5. The first-order valence-electron chi connectivity index (χ1n) is 11.3. The highest BCUT2D eigenvalue weighted by molar-refractivity contribution is 5.12. The van der Waals surface area contributed by atoms with E-state index in [1.54, 1.807) is 0 Å². The molecule has 0 aromatic carbocycles. The van der Waals surface area contributed by atoms with Crippen molar-refractivity contribution in [2.45, 2.75) is 97.0 Å². The predicted octanol–water partition coefficient (Wildman–Crippen LogP) is 6.36. The monoisotopic (exact) mass is 344 g/mol. The van der Waals surface area contributed by atoms with Crippen LogP contribution in [0.5, 0.6) is 0 Å². The average molecular weight is 345 g/mol. The quantitative estimate of drug-likeness (QED) is 0.578. The Morgan fingerprint density at radius 1 is 1.00 bits per heavy atom. The van der Waals surface area contributed by atoms with Gasteiger partial charge >= 0.3 is 0 Å². The molecule has 142 valence electrons. The minimum Gasteiger partial charge on any atom is -0.390 e. The van der Waals surface area contributed by atoms with Gasteiger partial charge in [-0.2, -0.15) is 0 Å². The van der Waals surface area contributed by atoms with Crippen molar-refractivity contribution in [2.24, 2.45) is 40.9 Å². The molecule has 4 rings (SSSR count). The molecule has 0 saturated heterocycles. The number of allylic oxidation sites excluding steroid dienone is 1. The van der Waals surface area contributed by atoms with Crippen LogP contribution in [0.1, 0.15) is 91.4 Å². The van der Waals surface area contributed by atoms with Crippen molar-refractivity contribution in [1.29, 1.82) is 0 Å². The lowest BCUT2D eigenvalue weighted by atomic mass is 9.44. The second-order valence-electron chi connectivity index (χ2n) is 10.6. The normalized spacial score (nSPS) is 52.6. The van der Waals surface area contributed by atoms with E-state index in [2.05, 4.69) is 27.4 Å². The summed E-state index contributed by atoms with van der Waals surface area (Å²) in [6.07, 6.45) is 14.4. The van der Waals surface area contributed by atoms with E-state index in [1.165, 1.54) is 56.9 Å². The van der Waals surface area contributed by atoms with Gasteiger partial charge in [0.2, 0.25) is 0 Å². The van der Waals surface area contributed by atoms with E-state index in [0.717, 1.165) is 54.8 Å². The average Bonchev–Trinajstić information content (AvgIpc) is 2.59. The van der Waals surface area contributed by atoms with E-state index < -0.39 is 0 Å². The maximum absolute atomic E-state index is 10.8. The first kappa shape index (κ1) is 18.1. The van der Waals surface area contributed by atoms with E-state index in [1.807, 2.05) is 0 Å². The van der Waals surface area contributed by atoms with E-state index >= 15 is 0 Å². The minimum atomic E-state index is -0.340. The molecule has 0 aromatic heterocycles. The first-order chi connectivity index (χ1) is 11.9. The van der Waals surface area contributed by atoms with Crippen molar-refractivity contribution in [2.75, 3.05) is 0 Å². The molecule has 0 aliphatic heterocycles. The van der Waals surface area contributed by atoms with Crippen LogP contribution in [0.4, 0.5) is 0 Å². The molecule has 1 heteroatoms. The summed E-state index contributed by atoms with van der Waals surface area (Å²) in [6, 6.07) is 0. The summed E-state index contributed by atoms with van der Waals surface area (Å²) in [6.45, 7) is 11.5. The predicted molar refractivity (Wildman–Crippen MR) is 105 cm³/mol. The smallest absolute Gasteiger partial charge is 0.0648 e. The molecule has 0 spiro atoms. The SMILES string of the molecule is C=C(C)[C@H]1CCC[C@H]2[C@@H]3CC[C@H]4C[C@@](O)(CC)CC[C@@H]4[C@H]3CC[C@]12C. The molecule has 4 aliphatic rings. The van der Waals surface area contributed by atoms with Crippen molar-refractivity contribution >= 4 is 0 Å². The minimum absolute atomic E-state index is 0.340. The molecule has 1 N–H and O–H groups in total. The Hall–Kier alpha value is -0.300. The van der Waals surface area contributed by atoms with Crippen molar-refractivity contribution < 1.29 is 5.11 Å². The molecule has 1 nitrogen and oxygen atoms in total. The Kier molecular flexibility index (Phi) is 4.63. The maximum atomic E-state index is 10.8. The van der Waals surface area contributed by atoms with Gasteiger partial charge in [0.25, 0.3) is 0 Å². The molecule has 8 atom stereocenters. The first-order valence-corrected chi connectivity index (χ1v) is 11.3. The topological polar surface area (TPSA) is 20.2 Å². The van der Waals surface area contributed by atoms with Crippen LogP contribution in [-0.2, 0) is 0 Å². The highest BCUT2D eigenvalue weighted by atomic mass is 16.3. The third-order valence-corrected chi connectivity index (χ3v) is 9.60. The number of rotatable bonds is 2. The zero-order chi connectivity index (χ0) is 17.8. The largest absolute Gasteiger partial charge is 0.390 e. The van der Waals surface area contributed by atoms with Crippen LogP contribution in [0.15, 0.2) is 12.2 Å². The Balaban J connectivity index is 1.55. The van der Waals surface area contributed by atoms with Gasteiger partial charge in [-0.15, -0.1) is 0 Å². The highest BCUT2D eigenvalue weighted by Crippen LogP contribution is 2.64. The summed E-state index contributed by atoms with van der Waals surface area (Å²) >= 11 is 0. The molecular formula is C24H40O. The fourth-order valence-corrected chi connectivity index (χ4v) is 8.29. The molecule has 4 fully saturated rings. The summed E-state index contributed by atoms with van der Waals surface area (Å²) in [7, 11) is 0. The van der Waals surface area contributed by atoms with Gasteiger partial charge in [0.1, 0.15) is 0 Å². The second kappa shape index (κ2) is 6.39. The summed E-state index contributed by atoms with van der Waals surface area (Å²) in [5.41, 5.74) is 1.63. The summed E-state index contributed by atoms with van der Waals surface area (Å²) in [4.78, 5) is 0. The summed E-state index contributed by atoms with van der Waals surface area (Å²) < 4.78 is 0. The third kappa shape index (κ3) is 2.84. The lowest BCUT2D eigenvalue weighted by molar-refractivity contribution is -0.125. The van der Waals surface area contributed by atoms with Gasteiger partial charge in [-0.05, 0) is 112 Å². The maximum Gasteiger partial charge on any atom is 0.0648 e. The number of aliphatic hydroxyl groups is 1. The lowest BCUT2D eigenvalue weighted by Gasteiger charge is -2.61. The molecule has 0 amide bonds. The molecule has 4 saturated carbocycles. The van der Waals surface area contributed by atoms with Crippen molar-refractivity contribution in [3.63, 3.8) is 0 Å². The molecule has 0 bridgehead atoms. The van der Waals surface area contributed by atoms with E-state index in [-0.39, 0.29) is 5.60 Å². The summed E-state index contributed by atoms with van der Waals surface area (Å²) in [5.74, 6) is 5.36. The zero-order valence-corrected chi connectivity index (χ0v) is 16.9. The van der Waals surface area contributed by atoms with Crippen molar-refractivity contribution in [3.05, 3.63) is 12.2 Å². The van der Waals surface area contributed by atoms with Crippen molar-refractivity contribution in [3.8, 4) is 0 Å². The van der Waals surface area contributed by atoms with Gasteiger partial charge in [0.15, 0.2) is 0 Å². The van der Waals surface area contributed by atoms with E-state index in [4.69, 9.17) is 0 Å². The molecule has 25 heavy (non-hydrogen) atoms. The van der Waals surface area contributed by atoms with Crippen molar-refractivity contribution in [1.82, 2.24) is 0 Å². The van der Waals surface area contributed by atoms with E-state index in [0.29, 0.717) is 5.41 Å². The second-order valence-corrected chi connectivity index (χ2v) is 10.6. The third-order valence-electron chi connectivity index (χ3n) is 9.60.